The summed E-state index contributed by atoms with van der Waals surface area (Å²) in [6.07, 6.45) is 3.06. The summed E-state index contributed by atoms with van der Waals surface area (Å²) in [5.74, 6) is 1.71. The third-order valence-electron chi connectivity index (χ3n) is 4.80. The lowest BCUT2D eigenvalue weighted by Crippen LogP contribution is -2.46. The summed E-state index contributed by atoms with van der Waals surface area (Å²) in [4.78, 5) is 17.0. The Hall–Kier alpha value is -1.89. The van der Waals surface area contributed by atoms with E-state index in [9.17, 15) is 4.79 Å². The largest absolute Gasteiger partial charge is 0.441 e. The maximum absolute atomic E-state index is 12.7. The van der Waals surface area contributed by atoms with E-state index in [1.165, 1.54) is 0 Å². The molecular formula is C19H26ClN3O3. The predicted octanol–water partition coefficient (Wildman–Crippen LogP) is 3.58. The van der Waals surface area contributed by atoms with Crippen molar-refractivity contribution in [3.05, 3.63) is 36.2 Å². The number of nitrogens with one attached hydrogen (secondary N) is 1. The standard InChI is InChI=1S/C19H25N3O3.ClH/c1-13(2)16-11-21-17(25-16)14-3-5-15(6-4-14)22-18(23)19(12-20)7-9-24-10-8-19;/h3-6,11,13H,7-10,12,20H2,1-2H3,(H,22,23);1H. The van der Waals surface area contributed by atoms with Crippen LogP contribution in [0.5, 0.6) is 0 Å². The molecule has 2 heterocycles. The summed E-state index contributed by atoms with van der Waals surface area (Å²) in [7, 11) is 0. The second-order valence-electron chi connectivity index (χ2n) is 6.85. The molecule has 1 amide bonds. The number of carbonyl (C=O) groups excluding carboxylic acids is 1. The topological polar surface area (TPSA) is 90.4 Å². The lowest BCUT2D eigenvalue weighted by atomic mass is 9.79. The second kappa shape index (κ2) is 8.66. The molecule has 2 aromatic rings. The van der Waals surface area contributed by atoms with Crippen LogP contribution in [-0.2, 0) is 9.53 Å². The first-order valence-corrected chi connectivity index (χ1v) is 8.69. The number of hydrogen-bond donors (Lipinski definition) is 2. The quantitative estimate of drug-likeness (QED) is 0.828. The van der Waals surface area contributed by atoms with Crippen LogP contribution in [0, 0.1) is 5.41 Å². The Bertz CT molecular complexity index is 722. The van der Waals surface area contributed by atoms with Crippen LogP contribution in [0.2, 0.25) is 0 Å². The van der Waals surface area contributed by atoms with Crippen molar-refractivity contribution in [2.24, 2.45) is 11.1 Å². The lowest BCUT2D eigenvalue weighted by Gasteiger charge is -2.34. The van der Waals surface area contributed by atoms with Gasteiger partial charge in [-0.3, -0.25) is 4.79 Å². The first kappa shape index (κ1) is 20.4. The third kappa shape index (κ3) is 4.26. The van der Waals surface area contributed by atoms with Crippen molar-refractivity contribution >= 4 is 24.0 Å². The Kier molecular flexibility index (Phi) is 6.81. The van der Waals surface area contributed by atoms with E-state index in [0.717, 1.165) is 17.0 Å². The van der Waals surface area contributed by atoms with E-state index in [1.54, 1.807) is 6.20 Å². The highest BCUT2D eigenvalue weighted by atomic mass is 35.5. The fourth-order valence-corrected chi connectivity index (χ4v) is 2.93. The minimum Gasteiger partial charge on any atom is -0.441 e. The zero-order chi connectivity index (χ0) is 17.9. The molecule has 0 unspecified atom stereocenters. The summed E-state index contributed by atoms with van der Waals surface area (Å²) in [5, 5.41) is 2.98. The average Bonchev–Trinajstić information content (AvgIpc) is 3.13. The molecule has 0 aliphatic carbocycles. The fourth-order valence-electron chi connectivity index (χ4n) is 2.93. The molecule has 1 aliphatic heterocycles. The molecule has 0 spiro atoms. The number of aromatic nitrogens is 1. The van der Waals surface area contributed by atoms with Crippen LogP contribution < -0.4 is 11.1 Å². The monoisotopic (exact) mass is 379 g/mol. The van der Waals surface area contributed by atoms with Crippen LogP contribution in [0.25, 0.3) is 11.5 Å². The van der Waals surface area contributed by atoms with Gasteiger partial charge in [0.1, 0.15) is 5.76 Å². The minimum absolute atomic E-state index is 0. The van der Waals surface area contributed by atoms with Gasteiger partial charge in [-0.1, -0.05) is 13.8 Å². The van der Waals surface area contributed by atoms with E-state index in [2.05, 4.69) is 24.1 Å². The van der Waals surface area contributed by atoms with Crippen LogP contribution in [0.4, 0.5) is 5.69 Å². The zero-order valence-corrected chi connectivity index (χ0v) is 16.0. The number of halogens is 1. The van der Waals surface area contributed by atoms with Gasteiger partial charge in [-0.05, 0) is 37.1 Å². The van der Waals surface area contributed by atoms with Crippen molar-refractivity contribution in [2.45, 2.75) is 32.6 Å². The first-order valence-electron chi connectivity index (χ1n) is 8.69. The molecule has 1 aromatic heterocycles. The molecule has 0 bridgehead atoms. The van der Waals surface area contributed by atoms with Gasteiger partial charge in [-0.2, -0.15) is 0 Å². The molecule has 0 saturated carbocycles. The number of ether oxygens (including phenoxy) is 1. The highest BCUT2D eigenvalue weighted by molar-refractivity contribution is 5.95. The number of hydrogen-bond acceptors (Lipinski definition) is 5. The Balaban J connectivity index is 0.00000243. The number of nitrogens with two attached hydrogens (primary N) is 1. The predicted molar refractivity (Wildman–Crippen MR) is 103 cm³/mol. The number of nitrogens with zero attached hydrogens (tertiary/aromatic N) is 1. The number of anilines is 1. The van der Waals surface area contributed by atoms with Gasteiger partial charge in [0.25, 0.3) is 0 Å². The van der Waals surface area contributed by atoms with E-state index in [1.807, 2.05) is 24.3 Å². The number of amides is 1. The number of benzene rings is 1. The smallest absolute Gasteiger partial charge is 0.232 e. The highest BCUT2D eigenvalue weighted by Crippen LogP contribution is 2.31. The molecular weight excluding hydrogens is 354 g/mol. The van der Waals surface area contributed by atoms with Crippen LogP contribution in [0.1, 0.15) is 38.4 Å². The lowest BCUT2D eigenvalue weighted by molar-refractivity contribution is -0.130. The van der Waals surface area contributed by atoms with E-state index < -0.39 is 5.41 Å². The normalized spacial score (nSPS) is 16.2. The summed E-state index contributed by atoms with van der Waals surface area (Å²) in [6.45, 7) is 5.60. The van der Waals surface area contributed by atoms with Gasteiger partial charge in [0, 0.05) is 36.9 Å². The average molecular weight is 380 g/mol. The van der Waals surface area contributed by atoms with Crippen LogP contribution in [-0.4, -0.2) is 30.6 Å². The van der Waals surface area contributed by atoms with E-state index >= 15 is 0 Å². The molecule has 26 heavy (non-hydrogen) atoms. The van der Waals surface area contributed by atoms with Crippen molar-refractivity contribution in [1.29, 1.82) is 0 Å². The fraction of sp³-hybridized carbons (Fsp3) is 0.474. The summed E-state index contributed by atoms with van der Waals surface area (Å²) >= 11 is 0. The van der Waals surface area contributed by atoms with Crippen LogP contribution in [0.15, 0.2) is 34.9 Å². The molecule has 3 rings (SSSR count). The van der Waals surface area contributed by atoms with Crippen molar-refractivity contribution in [3.63, 3.8) is 0 Å². The van der Waals surface area contributed by atoms with E-state index in [-0.39, 0.29) is 18.3 Å². The number of carbonyl (C=O) groups is 1. The van der Waals surface area contributed by atoms with Crippen molar-refractivity contribution in [1.82, 2.24) is 4.98 Å². The maximum atomic E-state index is 12.7. The molecule has 1 aliphatic rings. The van der Waals surface area contributed by atoms with Gasteiger partial charge >= 0.3 is 0 Å². The van der Waals surface area contributed by atoms with Gasteiger partial charge in [0.15, 0.2) is 0 Å². The Morgan fingerprint density at radius 2 is 1.92 bits per heavy atom. The molecule has 1 aromatic carbocycles. The van der Waals surface area contributed by atoms with Gasteiger partial charge in [-0.15, -0.1) is 12.4 Å². The first-order chi connectivity index (χ1) is 12.0. The SMILES string of the molecule is CC(C)c1cnc(-c2ccc(NC(=O)C3(CN)CCOCC3)cc2)o1.Cl. The molecule has 6 nitrogen and oxygen atoms in total. The van der Waals surface area contributed by atoms with Crippen molar-refractivity contribution < 1.29 is 13.9 Å². The van der Waals surface area contributed by atoms with E-state index in [4.69, 9.17) is 14.9 Å². The van der Waals surface area contributed by atoms with Crippen LogP contribution >= 0.6 is 12.4 Å². The Morgan fingerprint density at radius 1 is 1.27 bits per heavy atom. The van der Waals surface area contributed by atoms with E-state index in [0.29, 0.717) is 44.4 Å². The molecule has 0 radical (unpaired) electrons. The molecule has 7 heteroatoms. The Morgan fingerprint density at radius 3 is 2.46 bits per heavy atom. The van der Waals surface area contributed by atoms with Crippen molar-refractivity contribution in [2.75, 3.05) is 25.1 Å². The molecule has 1 saturated heterocycles. The van der Waals surface area contributed by atoms with Crippen LogP contribution in [0.3, 0.4) is 0 Å². The minimum atomic E-state index is -0.536. The van der Waals surface area contributed by atoms with Gasteiger partial charge in [0.2, 0.25) is 11.8 Å². The summed E-state index contributed by atoms with van der Waals surface area (Å²) in [6, 6.07) is 7.50. The summed E-state index contributed by atoms with van der Waals surface area (Å²) < 4.78 is 11.1. The molecule has 1 fully saturated rings. The number of rotatable bonds is 5. The number of oxazole rings is 1. The zero-order valence-electron chi connectivity index (χ0n) is 15.2. The Labute approximate surface area is 159 Å². The highest BCUT2D eigenvalue weighted by Gasteiger charge is 2.38. The molecule has 0 atom stereocenters. The summed E-state index contributed by atoms with van der Waals surface area (Å²) in [5.41, 5.74) is 6.97. The molecule has 3 N–H and O–H groups in total. The third-order valence-corrected chi connectivity index (χ3v) is 4.80. The molecule has 142 valence electrons. The van der Waals surface area contributed by atoms with Gasteiger partial charge < -0.3 is 20.2 Å². The maximum Gasteiger partial charge on any atom is 0.232 e. The van der Waals surface area contributed by atoms with Gasteiger partial charge in [-0.25, -0.2) is 4.98 Å². The van der Waals surface area contributed by atoms with Gasteiger partial charge in [0.05, 0.1) is 11.6 Å². The van der Waals surface area contributed by atoms with Crippen molar-refractivity contribution in [3.8, 4) is 11.5 Å². The second-order valence-corrected chi connectivity index (χ2v) is 6.85.